The molecule has 1 fully saturated rings. The third kappa shape index (κ3) is 4.49. The quantitative estimate of drug-likeness (QED) is 0.616. The maximum atomic E-state index is 11.6. The third-order valence-electron chi connectivity index (χ3n) is 4.82. The van der Waals surface area contributed by atoms with Crippen LogP contribution in [0.25, 0.3) is 0 Å². The highest BCUT2D eigenvalue weighted by molar-refractivity contribution is 7.73. The lowest BCUT2D eigenvalue weighted by atomic mass is 9.97. The van der Waals surface area contributed by atoms with Gasteiger partial charge in [-0.25, -0.2) is 4.68 Å². The predicted molar refractivity (Wildman–Crippen MR) is 106 cm³/mol. The van der Waals surface area contributed by atoms with E-state index in [0.717, 1.165) is 40.7 Å². The van der Waals surface area contributed by atoms with Gasteiger partial charge >= 0.3 is 5.97 Å². The van der Waals surface area contributed by atoms with Gasteiger partial charge in [-0.1, -0.05) is 17.4 Å². The van der Waals surface area contributed by atoms with Gasteiger partial charge in [0.2, 0.25) is 5.13 Å². The maximum absolute atomic E-state index is 11.6. The number of esters is 1. The molecular formula is C18H24N4O2S2. The number of nitrogens with one attached hydrogen (secondary N) is 1. The Morgan fingerprint density at radius 3 is 2.73 bits per heavy atom. The number of aryl methyl sites for hydroxylation is 2. The summed E-state index contributed by atoms with van der Waals surface area (Å²) in [5.74, 6) is -0.0866. The molecule has 0 bridgehead atoms. The van der Waals surface area contributed by atoms with E-state index < -0.39 is 0 Å². The summed E-state index contributed by atoms with van der Waals surface area (Å²) in [4.78, 5) is 13.9. The van der Waals surface area contributed by atoms with Gasteiger partial charge in [0.1, 0.15) is 0 Å². The number of carbonyl (C=O) groups is 1. The largest absolute Gasteiger partial charge is 0.469 e. The van der Waals surface area contributed by atoms with E-state index in [2.05, 4.69) is 47.4 Å². The molecule has 1 aliphatic heterocycles. The van der Waals surface area contributed by atoms with Crippen LogP contribution >= 0.6 is 23.6 Å². The Bertz CT molecular complexity index is 838. The van der Waals surface area contributed by atoms with Crippen molar-refractivity contribution >= 4 is 40.3 Å². The number of methoxy groups -OCH3 is 1. The van der Waals surface area contributed by atoms with Crippen LogP contribution in [-0.4, -0.2) is 40.8 Å². The van der Waals surface area contributed by atoms with Crippen LogP contribution < -0.4 is 5.32 Å². The van der Waals surface area contributed by atoms with E-state index in [1.165, 1.54) is 29.6 Å². The van der Waals surface area contributed by atoms with Crippen molar-refractivity contribution < 1.29 is 9.53 Å². The predicted octanol–water partition coefficient (Wildman–Crippen LogP) is 3.88. The van der Waals surface area contributed by atoms with E-state index in [4.69, 9.17) is 17.0 Å². The fourth-order valence-corrected chi connectivity index (χ4v) is 4.07. The summed E-state index contributed by atoms with van der Waals surface area (Å²) in [6.45, 7) is 6.54. The highest BCUT2D eigenvalue weighted by atomic mass is 32.1. The summed E-state index contributed by atoms with van der Waals surface area (Å²) in [6.07, 6.45) is 1.63. The number of benzene rings is 1. The lowest BCUT2D eigenvalue weighted by molar-refractivity contribution is -0.147. The Morgan fingerprint density at radius 2 is 2.08 bits per heavy atom. The van der Waals surface area contributed by atoms with Crippen molar-refractivity contribution in [2.45, 2.75) is 33.4 Å². The number of rotatable bonds is 5. The lowest BCUT2D eigenvalue weighted by Gasteiger charge is -2.30. The minimum absolute atomic E-state index is 0.0154. The van der Waals surface area contributed by atoms with Gasteiger partial charge in [-0.3, -0.25) is 9.69 Å². The Kier molecular flexibility index (Phi) is 6.05. The molecule has 1 aromatic carbocycles. The summed E-state index contributed by atoms with van der Waals surface area (Å²) in [5.41, 5.74) is 3.53. The fourth-order valence-electron chi connectivity index (χ4n) is 3.05. The van der Waals surface area contributed by atoms with Crippen molar-refractivity contribution in [3.63, 3.8) is 0 Å². The van der Waals surface area contributed by atoms with Crippen LogP contribution in [0.5, 0.6) is 0 Å². The number of likely N-dealkylation sites (tertiary alicyclic amines) is 1. The lowest BCUT2D eigenvalue weighted by Crippen LogP contribution is -2.38. The van der Waals surface area contributed by atoms with E-state index in [0.29, 0.717) is 6.67 Å². The molecule has 1 saturated heterocycles. The molecule has 8 heteroatoms. The zero-order valence-corrected chi connectivity index (χ0v) is 17.0. The maximum Gasteiger partial charge on any atom is 0.308 e. The molecular weight excluding hydrogens is 368 g/mol. The van der Waals surface area contributed by atoms with Gasteiger partial charge in [-0.05, 0) is 62.2 Å². The number of nitrogens with zero attached hydrogens (tertiary/aromatic N) is 3. The molecule has 0 unspecified atom stereocenters. The van der Waals surface area contributed by atoms with E-state index in [1.54, 1.807) is 0 Å². The topological polar surface area (TPSA) is 59.4 Å². The summed E-state index contributed by atoms with van der Waals surface area (Å²) in [7, 11) is 1.45. The highest BCUT2D eigenvalue weighted by Crippen LogP contribution is 2.23. The van der Waals surface area contributed by atoms with Gasteiger partial charge < -0.3 is 10.1 Å². The first kappa shape index (κ1) is 19.0. The van der Waals surface area contributed by atoms with Crippen molar-refractivity contribution in [3.8, 4) is 0 Å². The number of carbonyl (C=O) groups excluding carboxylic acids is 1. The van der Waals surface area contributed by atoms with Gasteiger partial charge in [0.05, 0.1) is 19.7 Å². The van der Waals surface area contributed by atoms with Gasteiger partial charge in [-0.2, -0.15) is 0 Å². The zero-order chi connectivity index (χ0) is 18.7. The Morgan fingerprint density at radius 1 is 1.35 bits per heavy atom. The molecule has 0 saturated carbocycles. The first-order valence-electron chi connectivity index (χ1n) is 8.68. The zero-order valence-electron chi connectivity index (χ0n) is 15.3. The summed E-state index contributed by atoms with van der Waals surface area (Å²) < 4.78 is 7.43. The van der Waals surface area contributed by atoms with Crippen molar-refractivity contribution in [2.75, 3.05) is 25.5 Å². The van der Waals surface area contributed by atoms with Crippen LogP contribution in [0.2, 0.25) is 0 Å². The van der Waals surface area contributed by atoms with E-state index in [9.17, 15) is 4.79 Å². The van der Waals surface area contributed by atoms with Crippen molar-refractivity contribution in [2.24, 2.45) is 5.92 Å². The first-order chi connectivity index (χ1) is 12.5. The van der Waals surface area contributed by atoms with Crippen LogP contribution in [0.1, 0.15) is 24.0 Å². The monoisotopic (exact) mass is 392 g/mol. The molecule has 0 atom stereocenters. The number of ether oxygens (including phenoxy) is 1. The first-order valence-corrected chi connectivity index (χ1v) is 9.91. The van der Waals surface area contributed by atoms with Gasteiger partial charge in [0.25, 0.3) is 0 Å². The van der Waals surface area contributed by atoms with Crippen molar-refractivity contribution in [1.29, 1.82) is 0 Å². The van der Waals surface area contributed by atoms with Gasteiger partial charge in [-0.15, -0.1) is 5.10 Å². The molecule has 6 nitrogen and oxygen atoms in total. The van der Waals surface area contributed by atoms with Gasteiger partial charge in [0.15, 0.2) is 3.95 Å². The molecule has 0 amide bonds. The van der Waals surface area contributed by atoms with Crippen LogP contribution in [0.15, 0.2) is 18.2 Å². The second kappa shape index (κ2) is 8.28. The van der Waals surface area contributed by atoms with Crippen LogP contribution in [0, 0.1) is 23.7 Å². The summed E-state index contributed by atoms with van der Waals surface area (Å²) >= 11 is 6.94. The summed E-state index contributed by atoms with van der Waals surface area (Å²) in [6, 6.07) is 6.26. The number of hydrogen-bond donors (Lipinski definition) is 1. The molecule has 2 heterocycles. The minimum Gasteiger partial charge on any atom is -0.469 e. The molecule has 0 aliphatic carbocycles. The standard InChI is InChI=1S/C18H24N4O2S2/c1-12-4-5-15(10-13(12)2)19-17-20-22(18(25)26-17)11-21-8-6-14(7-9-21)16(23)24-3/h4-5,10,14H,6-9,11H2,1-3H3,(H,19,20). The van der Waals surface area contributed by atoms with E-state index in [1.807, 2.05) is 4.68 Å². The summed E-state index contributed by atoms with van der Waals surface area (Å²) in [5, 5.41) is 8.74. The number of hydrogen-bond acceptors (Lipinski definition) is 7. The number of anilines is 2. The molecule has 0 spiro atoms. The molecule has 26 heavy (non-hydrogen) atoms. The minimum atomic E-state index is -0.102. The Labute approximate surface area is 162 Å². The smallest absolute Gasteiger partial charge is 0.308 e. The van der Waals surface area contributed by atoms with E-state index in [-0.39, 0.29) is 11.9 Å². The average molecular weight is 393 g/mol. The van der Waals surface area contributed by atoms with Crippen molar-refractivity contribution in [1.82, 2.24) is 14.7 Å². The van der Waals surface area contributed by atoms with Crippen molar-refractivity contribution in [3.05, 3.63) is 33.3 Å². The van der Waals surface area contributed by atoms with Crippen LogP contribution in [-0.2, 0) is 16.2 Å². The Hall–Kier alpha value is -1.77. The third-order valence-corrected chi connectivity index (χ3v) is 6.04. The molecule has 1 aromatic heterocycles. The van der Waals surface area contributed by atoms with Gasteiger partial charge in [0, 0.05) is 18.8 Å². The molecule has 1 aliphatic rings. The number of piperidine rings is 1. The SMILES string of the molecule is COC(=O)C1CCN(Cn2nc(Nc3ccc(C)c(C)c3)sc2=S)CC1. The van der Waals surface area contributed by atoms with E-state index >= 15 is 0 Å². The molecule has 2 aromatic rings. The highest BCUT2D eigenvalue weighted by Gasteiger charge is 2.25. The molecule has 0 radical (unpaired) electrons. The number of aromatic nitrogens is 2. The van der Waals surface area contributed by atoms with Crippen LogP contribution in [0.3, 0.4) is 0 Å². The second-order valence-electron chi connectivity index (χ2n) is 6.65. The van der Waals surface area contributed by atoms with Crippen LogP contribution in [0.4, 0.5) is 10.8 Å². The average Bonchev–Trinajstić information content (AvgIpc) is 2.97. The molecule has 3 rings (SSSR count). The Balaban J connectivity index is 1.61. The molecule has 140 valence electrons. The second-order valence-corrected chi connectivity index (χ2v) is 8.28. The fraction of sp³-hybridized carbons (Fsp3) is 0.500. The normalized spacial score (nSPS) is 15.8. The molecule has 1 N–H and O–H groups in total.